The number of pyridine rings is 1. The molecule has 1 aliphatic rings. The molecule has 2 rings (SSSR count). The first-order chi connectivity index (χ1) is 9.18. The van der Waals surface area contributed by atoms with Crippen LogP contribution in [0.3, 0.4) is 0 Å². The highest BCUT2D eigenvalue weighted by molar-refractivity contribution is 9.10. The number of amides is 2. The van der Waals surface area contributed by atoms with Gasteiger partial charge in [-0.05, 0) is 47.3 Å². The van der Waals surface area contributed by atoms with E-state index < -0.39 is 0 Å². The normalized spacial score (nSPS) is 15.1. The molecular formula is C13H16BrN3O2. The van der Waals surface area contributed by atoms with Crippen molar-refractivity contribution in [1.82, 2.24) is 15.2 Å². The van der Waals surface area contributed by atoms with Crippen LogP contribution in [0.2, 0.25) is 0 Å². The van der Waals surface area contributed by atoms with Crippen molar-refractivity contribution in [2.45, 2.75) is 19.3 Å². The Morgan fingerprint density at radius 3 is 2.74 bits per heavy atom. The molecule has 0 saturated carbocycles. The fourth-order valence-electron chi connectivity index (χ4n) is 2.05. The van der Waals surface area contributed by atoms with Gasteiger partial charge in [-0.15, -0.1) is 0 Å². The number of nitrogens with one attached hydrogen (secondary N) is 1. The summed E-state index contributed by atoms with van der Waals surface area (Å²) in [5, 5.41) is 2.61. The summed E-state index contributed by atoms with van der Waals surface area (Å²) >= 11 is 3.26. The Hall–Kier alpha value is -1.43. The fourth-order valence-corrected chi connectivity index (χ4v) is 2.48. The van der Waals surface area contributed by atoms with E-state index in [-0.39, 0.29) is 18.4 Å². The first-order valence-electron chi connectivity index (χ1n) is 6.35. The van der Waals surface area contributed by atoms with Crippen LogP contribution in [0.1, 0.15) is 29.8 Å². The molecule has 1 aliphatic heterocycles. The average molecular weight is 326 g/mol. The topological polar surface area (TPSA) is 62.3 Å². The summed E-state index contributed by atoms with van der Waals surface area (Å²) in [5.41, 5.74) is 0.300. The maximum atomic E-state index is 11.9. The predicted octanol–water partition coefficient (Wildman–Crippen LogP) is 1.59. The van der Waals surface area contributed by atoms with Gasteiger partial charge >= 0.3 is 0 Å². The van der Waals surface area contributed by atoms with Crippen molar-refractivity contribution in [2.75, 3.05) is 19.6 Å². The molecule has 1 aromatic heterocycles. The van der Waals surface area contributed by atoms with Gasteiger partial charge < -0.3 is 10.2 Å². The SMILES string of the molecule is O=C(NCC(=O)N1CCCCC1)c1ncccc1Br. The van der Waals surface area contributed by atoms with E-state index in [1.807, 2.05) is 0 Å². The van der Waals surface area contributed by atoms with E-state index in [9.17, 15) is 9.59 Å². The highest BCUT2D eigenvalue weighted by Crippen LogP contribution is 2.13. The number of carbonyl (C=O) groups excluding carboxylic acids is 2. The zero-order chi connectivity index (χ0) is 13.7. The Bertz CT molecular complexity index is 473. The van der Waals surface area contributed by atoms with Crippen molar-refractivity contribution >= 4 is 27.7 Å². The molecule has 0 radical (unpaired) electrons. The molecule has 2 heterocycles. The third-order valence-electron chi connectivity index (χ3n) is 3.08. The van der Waals surface area contributed by atoms with E-state index in [2.05, 4.69) is 26.2 Å². The van der Waals surface area contributed by atoms with Crippen LogP contribution in [-0.2, 0) is 4.79 Å². The van der Waals surface area contributed by atoms with Gasteiger partial charge in [-0.1, -0.05) is 0 Å². The standard InChI is InChI=1S/C13H16BrN3O2/c14-10-5-4-6-15-12(10)13(19)16-9-11(18)17-7-2-1-3-8-17/h4-6H,1-3,7-9H2,(H,16,19). The zero-order valence-electron chi connectivity index (χ0n) is 10.6. The monoisotopic (exact) mass is 325 g/mol. The van der Waals surface area contributed by atoms with Crippen LogP contribution < -0.4 is 5.32 Å². The molecule has 19 heavy (non-hydrogen) atoms. The minimum Gasteiger partial charge on any atom is -0.342 e. The molecule has 0 bridgehead atoms. The Morgan fingerprint density at radius 2 is 2.05 bits per heavy atom. The lowest BCUT2D eigenvalue weighted by molar-refractivity contribution is -0.130. The number of nitrogens with zero attached hydrogens (tertiary/aromatic N) is 2. The molecule has 6 heteroatoms. The number of hydrogen-bond donors (Lipinski definition) is 1. The fraction of sp³-hybridized carbons (Fsp3) is 0.462. The van der Waals surface area contributed by atoms with Crippen LogP contribution in [0.5, 0.6) is 0 Å². The lowest BCUT2D eigenvalue weighted by Gasteiger charge is -2.26. The van der Waals surface area contributed by atoms with Crippen LogP contribution in [0.25, 0.3) is 0 Å². The van der Waals surface area contributed by atoms with E-state index in [0.717, 1.165) is 25.9 Å². The Morgan fingerprint density at radius 1 is 1.32 bits per heavy atom. The van der Waals surface area contributed by atoms with Crippen molar-refractivity contribution in [1.29, 1.82) is 0 Å². The summed E-state index contributed by atoms with van der Waals surface area (Å²) in [4.78, 5) is 29.6. The van der Waals surface area contributed by atoms with Crippen molar-refractivity contribution in [3.8, 4) is 0 Å². The smallest absolute Gasteiger partial charge is 0.271 e. The van der Waals surface area contributed by atoms with Gasteiger partial charge in [-0.25, -0.2) is 4.98 Å². The van der Waals surface area contributed by atoms with E-state index in [1.54, 1.807) is 23.2 Å². The predicted molar refractivity (Wildman–Crippen MR) is 74.7 cm³/mol. The number of rotatable bonds is 3. The summed E-state index contributed by atoms with van der Waals surface area (Å²) in [7, 11) is 0. The van der Waals surface area contributed by atoms with E-state index in [0.29, 0.717) is 10.2 Å². The Balaban J connectivity index is 1.86. The molecule has 0 spiro atoms. The molecule has 1 saturated heterocycles. The third-order valence-corrected chi connectivity index (χ3v) is 3.72. The molecule has 0 aliphatic carbocycles. The van der Waals surface area contributed by atoms with Gasteiger partial charge in [-0.2, -0.15) is 0 Å². The van der Waals surface area contributed by atoms with E-state index >= 15 is 0 Å². The summed E-state index contributed by atoms with van der Waals surface area (Å²) in [6.45, 7) is 1.62. The first kappa shape index (κ1) is 14.0. The van der Waals surface area contributed by atoms with Gasteiger partial charge in [0, 0.05) is 23.8 Å². The van der Waals surface area contributed by atoms with Crippen LogP contribution in [-0.4, -0.2) is 41.3 Å². The lowest BCUT2D eigenvalue weighted by atomic mass is 10.1. The molecule has 1 aromatic rings. The Labute approximate surface area is 120 Å². The lowest BCUT2D eigenvalue weighted by Crippen LogP contribution is -2.42. The summed E-state index contributed by atoms with van der Waals surface area (Å²) in [6, 6.07) is 3.48. The molecule has 2 amide bonds. The number of halogens is 1. The third kappa shape index (κ3) is 3.76. The van der Waals surface area contributed by atoms with Crippen molar-refractivity contribution in [2.24, 2.45) is 0 Å². The van der Waals surface area contributed by atoms with Crippen LogP contribution >= 0.6 is 15.9 Å². The molecule has 0 atom stereocenters. The van der Waals surface area contributed by atoms with Gasteiger partial charge in [0.05, 0.1) is 6.54 Å². The summed E-state index contributed by atoms with van der Waals surface area (Å²) in [6.07, 6.45) is 4.82. The summed E-state index contributed by atoms with van der Waals surface area (Å²) < 4.78 is 0.623. The van der Waals surface area contributed by atoms with Crippen LogP contribution in [0, 0.1) is 0 Å². The molecule has 102 valence electrons. The maximum Gasteiger partial charge on any atom is 0.271 e. The van der Waals surface area contributed by atoms with Gasteiger partial charge in [0.1, 0.15) is 5.69 Å². The quantitative estimate of drug-likeness (QED) is 0.917. The molecule has 1 N–H and O–H groups in total. The van der Waals surface area contributed by atoms with E-state index in [1.165, 1.54) is 6.42 Å². The number of carbonyl (C=O) groups is 2. The molecule has 1 fully saturated rings. The number of likely N-dealkylation sites (tertiary alicyclic amines) is 1. The van der Waals surface area contributed by atoms with Crippen molar-refractivity contribution < 1.29 is 9.59 Å². The number of hydrogen-bond acceptors (Lipinski definition) is 3. The average Bonchev–Trinajstić information content (AvgIpc) is 2.46. The second-order valence-electron chi connectivity index (χ2n) is 4.46. The van der Waals surface area contributed by atoms with Gasteiger partial charge in [-0.3, -0.25) is 9.59 Å². The molecular weight excluding hydrogens is 310 g/mol. The first-order valence-corrected chi connectivity index (χ1v) is 7.14. The minimum atomic E-state index is -0.335. The number of aromatic nitrogens is 1. The van der Waals surface area contributed by atoms with Crippen molar-refractivity contribution in [3.05, 3.63) is 28.5 Å². The molecule has 5 nitrogen and oxygen atoms in total. The number of piperidine rings is 1. The van der Waals surface area contributed by atoms with Gasteiger partial charge in [0.15, 0.2) is 0 Å². The largest absolute Gasteiger partial charge is 0.342 e. The van der Waals surface area contributed by atoms with Gasteiger partial charge in [0.2, 0.25) is 5.91 Å². The van der Waals surface area contributed by atoms with Gasteiger partial charge in [0.25, 0.3) is 5.91 Å². The molecule has 0 aromatic carbocycles. The molecule has 0 unspecified atom stereocenters. The summed E-state index contributed by atoms with van der Waals surface area (Å²) in [5.74, 6) is -0.363. The second-order valence-corrected chi connectivity index (χ2v) is 5.31. The van der Waals surface area contributed by atoms with Crippen LogP contribution in [0.4, 0.5) is 0 Å². The highest BCUT2D eigenvalue weighted by atomic mass is 79.9. The van der Waals surface area contributed by atoms with Crippen LogP contribution in [0.15, 0.2) is 22.8 Å². The second kappa shape index (κ2) is 6.65. The van der Waals surface area contributed by atoms with E-state index in [4.69, 9.17) is 0 Å². The zero-order valence-corrected chi connectivity index (χ0v) is 12.1. The van der Waals surface area contributed by atoms with Crippen molar-refractivity contribution in [3.63, 3.8) is 0 Å². The maximum absolute atomic E-state index is 11.9. The Kier molecular flexibility index (Phi) is 4.90. The minimum absolute atomic E-state index is 0.0277. The highest BCUT2D eigenvalue weighted by Gasteiger charge is 2.18.